The minimum absolute atomic E-state index is 0.0575. The Balaban J connectivity index is 1.89. The number of methoxy groups -OCH3 is 2. The van der Waals surface area contributed by atoms with Gasteiger partial charge in [-0.25, -0.2) is 0 Å². The highest BCUT2D eigenvalue weighted by Crippen LogP contribution is 2.56. The molecule has 4 atom stereocenters. The maximum absolute atomic E-state index is 11.6. The molecule has 7 N–H and O–H groups in total. The van der Waals surface area contributed by atoms with Crippen molar-refractivity contribution in [1.29, 1.82) is 0 Å². The summed E-state index contributed by atoms with van der Waals surface area (Å²) in [5.41, 5.74) is 0.00775. The molecule has 2 aromatic rings. The standard InChI is InChI=1S/C22H25NO11/c1-32-12-3-7(6-24)34-21(14(12)23-31)13-15(25)8-4-10-11(5-9(8)16(26)19(13)29)18(28)22(33-2)20(30)17(10)27/h7,12,14,21,24-30H,3-6H2,1-2H3. The average molecular weight is 479 g/mol. The number of hydrogen-bond donors (Lipinski definition) is 7. The number of fused-ring (bicyclic) bond motifs is 2. The predicted molar refractivity (Wildman–Crippen MR) is 115 cm³/mol. The van der Waals surface area contributed by atoms with Crippen LogP contribution < -0.4 is 4.74 Å². The van der Waals surface area contributed by atoms with Crippen molar-refractivity contribution in [1.82, 2.24) is 0 Å². The Labute approximate surface area is 193 Å². The van der Waals surface area contributed by atoms with Crippen molar-refractivity contribution in [2.75, 3.05) is 20.8 Å². The lowest BCUT2D eigenvalue weighted by Crippen LogP contribution is -2.44. The highest BCUT2D eigenvalue weighted by Gasteiger charge is 2.45. The number of hydrogen-bond acceptors (Lipinski definition) is 12. The van der Waals surface area contributed by atoms with Crippen molar-refractivity contribution in [3.63, 3.8) is 0 Å². The number of rotatable bonds is 5. The number of aromatic hydroxyl groups is 6. The lowest BCUT2D eigenvalue weighted by atomic mass is 9.80. The van der Waals surface area contributed by atoms with Gasteiger partial charge in [-0.3, -0.25) is 0 Å². The summed E-state index contributed by atoms with van der Waals surface area (Å²) in [4.78, 5) is 11.6. The van der Waals surface area contributed by atoms with E-state index in [1.54, 1.807) is 0 Å². The largest absolute Gasteiger partial charge is 0.507 e. The van der Waals surface area contributed by atoms with Crippen LogP contribution in [0.2, 0.25) is 0 Å². The van der Waals surface area contributed by atoms with E-state index < -0.39 is 65.5 Å². The van der Waals surface area contributed by atoms with Crippen LogP contribution in [0.25, 0.3) is 0 Å². The van der Waals surface area contributed by atoms with E-state index in [4.69, 9.17) is 14.2 Å². The van der Waals surface area contributed by atoms with E-state index in [-0.39, 0.29) is 52.8 Å². The molecule has 1 saturated heterocycles. The van der Waals surface area contributed by atoms with E-state index >= 15 is 0 Å². The van der Waals surface area contributed by atoms with Gasteiger partial charge in [0.05, 0.1) is 31.5 Å². The number of nitroso groups, excluding NO2 is 1. The molecule has 0 aromatic heterocycles. The number of nitrogens with zero attached hydrogens (tertiary/aromatic N) is 1. The number of ether oxygens (including phenoxy) is 3. The van der Waals surface area contributed by atoms with E-state index in [0.29, 0.717) is 0 Å². The normalized spacial score (nSPS) is 23.7. The van der Waals surface area contributed by atoms with Crippen molar-refractivity contribution < 1.29 is 50.0 Å². The molecular weight excluding hydrogens is 454 g/mol. The first-order valence-electron chi connectivity index (χ1n) is 10.4. The number of phenols is 6. The first kappa shape index (κ1) is 23.7. The third-order valence-electron chi connectivity index (χ3n) is 6.61. The fourth-order valence-electron chi connectivity index (χ4n) is 4.85. The van der Waals surface area contributed by atoms with Gasteiger partial charge in [0.15, 0.2) is 23.0 Å². The smallest absolute Gasteiger partial charge is 0.207 e. The number of aliphatic hydroxyl groups is 1. The molecule has 1 aliphatic carbocycles. The van der Waals surface area contributed by atoms with Crippen LogP contribution in [0.1, 0.15) is 40.3 Å². The van der Waals surface area contributed by atoms with Gasteiger partial charge in [-0.15, -0.1) is 0 Å². The van der Waals surface area contributed by atoms with Gasteiger partial charge < -0.3 is 50.0 Å². The second-order valence-electron chi connectivity index (χ2n) is 8.27. The lowest BCUT2D eigenvalue weighted by molar-refractivity contribution is -0.134. The van der Waals surface area contributed by atoms with Crippen molar-refractivity contribution in [3.8, 4) is 40.2 Å². The summed E-state index contributed by atoms with van der Waals surface area (Å²) in [5.74, 6) is -4.02. The monoisotopic (exact) mass is 479 g/mol. The zero-order chi connectivity index (χ0) is 24.9. The second-order valence-corrected chi connectivity index (χ2v) is 8.27. The second kappa shape index (κ2) is 8.70. The molecule has 1 fully saturated rings. The first-order valence-corrected chi connectivity index (χ1v) is 10.4. The van der Waals surface area contributed by atoms with E-state index in [0.717, 1.165) is 0 Å². The van der Waals surface area contributed by atoms with Gasteiger partial charge >= 0.3 is 0 Å². The zero-order valence-electron chi connectivity index (χ0n) is 18.3. The molecule has 0 spiro atoms. The van der Waals surface area contributed by atoms with Crippen molar-refractivity contribution in [3.05, 3.63) is 32.7 Å². The van der Waals surface area contributed by atoms with Gasteiger partial charge in [0.2, 0.25) is 11.5 Å². The van der Waals surface area contributed by atoms with Gasteiger partial charge in [-0.1, -0.05) is 5.18 Å². The summed E-state index contributed by atoms with van der Waals surface area (Å²) in [5, 5.41) is 76.6. The molecule has 34 heavy (non-hydrogen) atoms. The van der Waals surface area contributed by atoms with Gasteiger partial charge in [0.25, 0.3) is 0 Å². The van der Waals surface area contributed by atoms with Crippen molar-refractivity contribution in [2.24, 2.45) is 5.18 Å². The topological polar surface area (TPSA) is 199 Å². The molecule has 4 unspecified atom stereocenters. The van der Waals surface area contributed by atoms with Crippen molar-refractivity contribution >= 4 is 0 Å². The van der Waals surface area contributed by atoms with Crippen LogP contribution in [-0.2, 0) is 22.3 Å². The maximum Gasteiger partial charge on any atom is 0.207 e. The molecule has 0 radical (unpaired) electrons. The van der Waals surface area contributed by atoms with E-state index in [9.17, 15) is 40.7 Å². The number of phenolic OH excluding ortho intramolecular Hbond substituents is 6. The van der Waals surface area contributed by atoms with Crippen molar-refractivity contribution in [2.45, 2.75) is 43.6 Å². The van der Waals surface area contributed by atoms with Crippen LogP contribution in [0.15, 0.2) is 5.18 Å². The lowest BCUT2D eigenvalue weighted by Gasteiger charge is -2.38. The Hall–Kier alpha value is -3.48. The minimum Gasteiger partial charge on any atom is -0.507 e. The molecule has 0 saturated carbocycles. The number of benzene rings is 2. The molecule has 0 amide bonds. The van der Waals surface area contributed by atoms with Crippen LogP contribution in [0.3, 0.4) is 0 Å². The molecule has 12 nitrogen and oxygen atoms in total. The van der Waals surface area contributed by atoms with E-state index in [1.165, 1.54) is 14.2 Å². The fraction of sp³-hybridized carbons (Fsp3) is 0.455. The van der Waals surface area contributed by atoms with Gasteiger partial charge in [-0.05, 0) is 0 Å². The molecule has 12 heteroatoms. The highest BCUT2D eigenvalue weighted by atomic mass is 16.5. The van der Waals surface area contributed by atoms with Crippen LogP contribution in [0.5, 0.6) is 40.2 Å². The highest BCUT2D eigenvalue weighted by molar-refractivity contribution is 5.73. The van der Waals surface area contributed by atoms with Gasteiger partial charge in [0.1, 0.15) is 17.9 Å². The Morgan fingerprint density at radius 3 is 1.94 bits per heavy atom. The summed E-state index contributed by atoms with van der Waals surface area (Å²) in [6.07, 6.45) is -3.30. The van der Waals surface area contributed by atoms with Crippen LogP contribution in [0.4, 0.5) is 0 Å². The Bertz CT molecular complexity index is 1150. The maximum atomic E-state index is 11.6. The molecule has 184 valence electrons. The Morgan fingerprint density at radius 2 is 1.41 bits per heavy atom. The molecule has 2 aliphatic rings. The Morgan fingerprint density at radius 1 is 0.853 bits per heavy atom. The molecule has 1 heterocycles. The fourth-order valence-corrected chi connectivity index (χ4v) is 4.85. The predicted octanol–water partition coefficient (Wildman–Crippen LogP) is 1.40. The summed E-state index contributed by atoms with van der Waals surface area (Å²) in [6.45, 7) is -0.429. The third-order valence-corrected chi connectivity index (χ3v) is 6.61. The van der Waals surface area contributed by atoms with Gasteiger partial charge in [-0.2, -0.15) is 4.91 Å². The quantitative estimate of drug-likeness (QED) is 0.158. The SMILES string of the molecule is COc1c(O)c(O)c2c(c1O)Cc1c(O)c(O)c(C3OC(CO)CC(OC)C3N=O)c(O)c1C2. The molecule has 1 aliphatic heterocycles. The van der Waals surface area contributed by atoms with E-state index in [1.807, 2.05) is 0 Å². The first-order chi connectivity index (χ1) is 16.2. The summed E-state index contributed by atoms with van der Waals surface area (Å²) in [6, 6.07) is -1.22. The molecule has 0 bridgehead atoms. The summed E-state index contributed by atoms with van der Waals surface area (Å²) >= 11 is 0. The van der Waals surface area contributed by atoms with Gasteiger partial charge in [0, 0.05) is 48.6 Å². The minimum atomic E-state index is -1.36. The van der Waals surface area contributed by atoms with Crippen LogP contribution >= 0.6 is 0 Å². The summed E-state index contributed by atoms with van der Waals surface area (Å²) < 4.78 is 16.0. The van der Waals surface area contributed by atoms with E-state index in [2.05, 4.69) is 5.18 Å². The Kier molecular flexibility index (Phi) is 6.06. The van der Waals surface area contributed by atoms with Crippen LogP contribution in [-0.4, -0.2) is 74.8 Å². The molecule has 2 aromatic carbocycles. The number of aliphatic hydroxyl groups excluding tert-OH is 1. The molecule has 4 rings (SSSR count). The average Bonchev–Trinajstić information content (AvgIpc) is 2.85. The third kappa shape index (κ3) is 3.33. The van der Waals surface area contributed by atoms with Crippen LogP contribution in [0, 0.1) is 4.91 Å². The zero-order valence-corrected chi connectivity index (χ0v) is 18.3. The summed E-state index contributed by atoms with van der Waals surface area (Å²) in [7, 11) is 2.53. The molecular formula is C22H25NO11.